The van der Waals surface area contributed by atoms with E-state index < -0.39 is 0 Å². The van der Waals surface area contributed by atoms with E-state index in [2.05, 4.69) is 5.43 Å². The van der Waals surface area contributed by atoms with Gasteiger partial charge >= 0.3 is 0 Å². The summed E-state index contributed by atoms with van der Waals surface area (Å²) >= 11 is 16.9. The Bertz CT molecular complexity index is 558. The van der Waals surface area contributed by atoms with Gasteiger partial charge in [-0.1, -0.05) is 35.3 Å². The molecule has 0 fully saturated rings. The smallest absolute Gasteiger partial charge is 0.183 e. The minimum atomic E-state index is 0.153. The van der Waals surface area contributed by atoms with E-state index in [9.17, 15) is 0 Å². The second-order valence-electron chi connectivity index (χ2n) is 3.77. The van der Waals surface area contributed by atoms with E-state index in [0.29, 0.717) is 10.0 Å². The molecule has 19 heavy (non-hydrogen) atoms. The number of nitrogens with zero attached hydrogens (tertiary/aromatic N) is 1. The van der Waals surface area contributed by atoms with Crippen LogP contribution in [-0.4, -0.2) is 5.11 Å². The topological polar surface area (TPSA) is 41.3 Å². The molecule has 6 heteroatoms. The molecular formula is C13H11Cl2N3S. The summed E-state index contributed by atoms with van der Waals surface area (Å²) in [6.07, 6.45) is 0. The fourth-order valence-corrected chi connectivity index (χ4v) is 2.08. The van der Waals surface area contributed by atoms with Gasteiger partial charge in [-0.25, -0.2) is 0 Å². The summed E-state index contributed by atoms with van der Waals surface area (Å²) in [5.41, 5.74) is 10.1. The summed E-state index contributed by atoms with van der Waals surface area (Å²) in [5.74, 6) is 0. The third-order valence-corrected chi connectivity index (χ3v) is 2.92. The molecule has 0 spiro atoms. The van der Waals surface area contributed by atoms with Crippen LogP contribution in [0.3, 0.4) is 0 Å². The number of benzene rings is 2. The van der Waals surface area contributed by atoms with Crippen LogP contribution in [0, 0.1) is 0 Å². The highest BCUT2D eigenvalue weighted by atomic mass is 35.5. The lowest BCUT2D eigenvalue weighted by Crippen LogP contribution is -2.42. The highest BCUT2D eigenvalue weighted by Crippen LogP contribution is 2.27. The number of rotatable bonds is 3. The first-order valence-corrected chi connectivity index (χ1v) is 6.60. The third-order valence-electron chi connectivity index (χ3n) is 2.35. The molecule has 0 aliphatic heterocycles. The van der Waals surface area contributed by atoms with Crippen molar-refractivity contribution in [2.24, 2.45) is 5.73 Å². The number of nitrogens with one attached hydrogen (secondary N) is 1. The number of hydrogen-bond acceptors (Lipinski definition) is 2. The number of hydrazine groups is 1. The van der Waals surface area contributed by atoms with Crippen LogP contribution in [0.2, 0.25) is 10.0 Å². The van der Waals surface area contributed by atoms with Crippen molar-refractivity contribution in [3.63, 3.8) is 0 Å². The van der Waals surface area contributed by atoms with Gasteiger partial charge in [0.25, 0.3) is 0 Å². The molecule has 0 unspecified atom stereocenters. The minimum absolute atomic E-state index is 0.153. The maximum Gasteiger partial charge on any atom is 0.183 e. The zero-order chi connectivity index (χ0) is 13.8. The first-order chi connectivity index (χ1) is 9.06. The molecule has 0 atom stereocenters. The quantitative estimate of drug-likeness (QED) is 0.667. The summed E-state index contributed by atoms with van der Waals surface area (Å²) in [4.78, 5) is 0. The molecule has 0 aliphatic rings. The van der Waals surface area contributed by atoms with Gasteiger partial charge in [0, 0.05) is 10.0 Å². The SMILES string of the molecule is NC(=S)NN(c1cccc(Cl)c1)c1cccc(Cl)c1. The van der Waals surface area contributed by atoms with Crippen molar-refractivity contribution >= 4 is 51.9 Å². The van der Waals surface area contributed by atoms with Crippen LogP contribution in [0.5, 0.6) is 0 Å². The fourth-order valence-electron chi connectivity index (χ4n) is 1.62. The minimum Gasteiger partial charge on any atom is -0.375 e. The van der Waals surface area contributed by atoms with E-state index >= 15 is 0 Å². The van der Waals surface area contributed by atoms with Crippen molar-refractivity contribution < 1.29 is 0 Å². The van der Waals surface area contributed by atoms with Crippen molar-refractivity contribution in [1.82, 2.24) is 5.43 Å². The molecule has 0 aromatic heterocycles. The lowest BCUT2D eigenvalue weighted by atomic mass is 10.2. The molecule has 0 amide bonds. The predicted molar refractivity (Wildman–Crippen MR) is 85.0 cm³/mol. The largest absolute Gasteiger partial charge is 0.375 e. The predicted octanol–water partition coefficient (Wildman–Crippen LogP) is 3.88. The normalized spacial score (nSPS) is 10.0. The Hall–Kier alpha value is -1.49. The van der Waals surface area contributed by atoms with Crippen LogP contribution >= 0.6 is 35.4 Å². The van der Waals surface area contributed by atoms with Gasteiger partial charge in [0.2, 0.25) is 0 Å². The Kier molecular flexibility index (Phi) is 4.47. The van der Waals surface area contributed by atoms with Crippen molar-refractivity contribution in [2.75, 3.05) is 5.01 Å². The number of anilines is 2. The second kappa shape index (κ2) is 6.10. The van der Waals surface area contributed by atoms with E-state index in [1.54, 1.807) is 29.3 Å². The molecular weight excluding hydrogens is 301 g/mol. The molecule has 2 rings (SSSR count). The van der Waals surface area contributed by atoms with Crippen LogP contribution in [-0.2, 0) is 0 Å². The lowest BCUT2D eigenvalue weighted by molar-refractivity contribution is 0.937. The van der Waals surface area contributed by atoms with Crippen LogP contribution in [0.4, 0.5) is 11.4 Å². The Morgan fingerprint density at radius 3 is 1.84 bits per heavy atom. The Morgan fingerprint density at radius 1 is 1.00 bits per heavy atom. The number of nitrogens with two attached hydrogens (primary N) is 1. The highest BCUT2D eigenvalue weighted by Gasteiger charge is 2.10. The van der Waals surface area contributed by atoms with Crippen LogP contribution in [0.15, 0.2) is 48.5 Å². The number of thiocarbonyl (C=S) groups is 1. The average molecular weight is 312 g/mol. The Morgan fingerprint density at radius 2 is 1.47 bits per heavy atom. The summed E-state index contributed by atoms with van der Waals surface area (Å²) in [6, 6.07) is 14.6. The van der Waals surface area contributed by atoms with Gasteiger partial charge in [0.15, 0.2) is 5.11 Å². The van der Waals surface area contributed by atoms with E-state index in [1.807, 2.05) is 24.3 Å². The third kappa shape index (κ3) is 3.73. The van der Waals surface area contributed by atoms with Crippen molar-refractivity contribution in [3.8, 4) is 0 Å². The van der Waals surface area contributed by atoms with Crippen molar-refractivity contribution in [3.05, 3.63) is 58.6 Å². The molecule has 3 nitrogen and oxygen atoms in total. The molecule has 2 aromatic rings. The zero-order valence-electron chi connectivity index (χ0n) is 9.81. The molecule has 2 aromatic carbocycles. The first kappa shape index (κ1) is 13.9. The maximum absolute atomic E-state index is 6.00. The zero-order valence-corrected chi connectivity index (χ0v) is 12.1. The molecule has 0 saturated heterocycles. The van der Waals surface area contributed by atoms with E-state index in [1.165, 1.54) is 0 Å². The van der Waals surface area contributed by atoms with E-state index in [0.717, 1.165) is 11.4 Å². The molecule has 0 saturated carbocycles. The van der Waals surface area contributed by atoms with E-state index in [4.69, 9.17) is 41.2 Å². The standard InChI is InChI=1S/C13H11Cl2N3S/c14-9-3-1-5-11(7-9)18(17-13(16)19)12-6-2-4-10(15)8-12/h1-8H,(H3,16,17,19). The van der Waals surface area contributed by atoms with Gasteiger partial charge in [-0.05, 0) is 48.6 Å². The monoisotopic (exact) mass is 311 g/mol. The average Bonchev–Trinajstić information content (AvgIpc) is 2.35. The van der Waals surface area contributed by atoms with Gasteiger partial charge in [-0.3, -0.25) is 10.4 Å². The van der Waals surface area contributed by atoms with Gasteiger partial charge < -0.3 is 5.73 Å². The van der Waals surface area contributed by atoms with Gasteiger partial charge in [-0.15, -0.1) is 0 Å². The molecule has 0 radical (unpaired) electrons. The van der Waals surface area contributed by atoms with Crippen LogP contribution in [0.25, 0.3) is 0 Å². The first-order valence-electron chi connectivity index (χ1n) is 5.43. The molecule has 0 aliphatic carbocycles. The van der Waals surface area contributed by atoms with Gasteiger partial charge in [0.05, 0.1) is 11.4 Å². The molecule has 0 heterocycles. The van der Waals surface area contributed by atoms with Crippen LogP contribution in [0.1, 0.15) is 0 Å². The second-order valence-corrected chi connectivity index (χ2v) is 5.08. The molecule has 0 bridgehead atoms. The summed E-state index contributed by atoms with van der Waals surface area (Å²) in [7, 11) is 0. The lowest BCUT2D eigenvalue weighted by Gasteiger charge is -2.25. The number of halogens is 2. The summed E-state index contributed by atoms with van der Waals surface area (Å²) < 4.78 is 0. The Balaban J connectivity index is 2.44. The highest BCUT2D eigenvalue weighted by molar-refractivity contribution is 7.80. The summed E-state index contributed by atoms with van der Waals surface area (Å²) in [5, 5.41) is 3.11. The Labute approximate surface area is 126 Å². The summed E-state index contributed by atoms with van der Waals surface area (Å²) in [6.45, 7) is 0. The van der Waals surface area contributed by atoms with Gasteiger partial charge in [0.1, 0.15) is 0 Å². The fraction of sp³-hybridized carbons (Fsp3) is 0. The maximum atomic E-state index is 6.00. The van der Waals surface area contributed by atoms with Crippen LogP contribution < -0.4 is 16.2 Å². The van der Waals surface area contributed by atoms with E-state index in [-0.39, 0.29) is 5.11 Å². The van der Waals surface area contributed by atoms with Crippen molar-refractivity contribution in [2.45, 2.75) is 0 Å². The molecule has 98 valence electrons. The van der Waals surface area contributed by atoms with Gasteiger partial charge in [-0.2, -0.15) is 0 Å². The van der Waals surface area contributed by atoms with Crippen molar-refractivity contribution in [1.29, 1.82) is 0 Å². The molecule has 3 N–H and O–H groups in total. The number of hydrogen-bond donors (Lipinski definition) is 2.